The summed E-state index contributed by atoms with van der Waals surface area (Å²) in [7, 11) is 0. The maximum absolute atomic E-state index is 13.4. The van der Waals surface area contributed by atoms with Crippen molar-refractivity contribution in [2.24, 2.45) is 0 Å². The quantitative estimate of drug-likeness (QED) is 0.581. The van der Waals surface area contributed by atoms with Gasteiger partial charge in [-0.3, -0.25) is 4.57 Å². The van der Waals surface area contributed by atoms with Crippen molar-refractivity contribution in [2.45, 2.75) is 6.43 Å². The van der Waals surface area contributed by atoms with Gasteiger partial charge in [0, 0.05) is 6.07 Å². The normalized spacial score (nSPS) is 11.4. The molecule has 10 heteroatoms. The third-order valence-electron chi connectivity index (χ3n) is 2.92. The summed E-state index contributed by atoms with van der Waals surface area (Å²) in [5.74, 6) is -1.55. The Labute approximate surface area is 131 Å². The Morgan fingerprint density at radius 3 is 2.48 bits per heavy atom. The Morgan fingerprint density at radius 2 is 1.83 bits per heavy atom. The van der Waals surface area contributed by atoms with E-state index < -0.39 is 24.6 Å². The highest BCUT2D eigenvalue weighted by Crippen LogP contribution is 2.24. The fourth-order valence-corrected chi connectivity index (χ4v) is 2.20. The van der Waals surface area contributed by atoms with E-state index in [1.165, 1.54) is 10.9 Å². The lowest BCUT2D eigenvalue weighted by Crippen LogP contribution is -2.12. The van der Waals surface area contributed by atoms with Gasteiger partial charge in [-0.25, -0.2) is 22.5 Å². The molecule has 1 N–H and O–H groups in total. The second-order valence-electron chi connectivity index (χ2n) is 4.53. The molecule has 3 aromatic rings. The molecule has 0 aliphatic carbocycles. The van der Waals surface area contributed by atoms with Crippen molar-refractivity contribution in [1.29, 1.82) is 0 Å². The van der Waals surface area contributed by atoms with Crippen LogP contribution in [0.25, 0.3) is 16.9 Å². The number of hydrogen-bond donors (Lipinski definition) is 1. The maximum atomic E-state index is 13.4. The van der Waals surface area contributed by atoms with Crippen molar-refractivity contribution in [3.8, 4) is 5.69 Å². The van der Waals surface area contributed by atoms with Gasteiger partial charge in [0.25, 0.3) is 6.43 Å². The number of fused-ring (bicyclic) bond motifs is 1. The van der Waals surface area contributed by atoms with E-state index in [4.69, 9.17) is 11.6 Å². The summed E-state index contributed by atoms with van der Waals surface area (Å²) >= 11 is 5.78. The van der Waals surface area contributed by atoms with Crippen LogP contribution in [0.5, 0.6) is 0 Å². The molecule has 0 saturated carbocycles. The van der Waals surface area contributed by atoms with Gasteiger partial charge in [-0.05, 0) is 23.7 Å². The molecular formula is C13H8ClF4N5. The van der Waals surface area contributed by atoms with Gasteiger partial charge in [-0.1, -0.05) is 0 Å². The van der Waals surface area contributed by atoms with E-state index in [1.54, 1.807) is 0 Å². The van der Waals surface area contributed by atoms with Crippen molar-refractivity contribution >= 4 is 28.6 Å². The molecule has 0 saturated heterocycles. The SMILES string of the molecule is Fc1cc(F)cc(-n2cnc3c(NCC(F)F)nc(Cl)nc32)c1. The average Bonchev–Trinajstić information content (AvgIpc) is 2.87. The van der Waals surface area contributed by atoms with E-state index in [0.717, 1.165) is 18.2 Å². The molecule has 2 heterocycles. The second kappa shape index (κ2) is 5.99. The van der Waals surface area contributed by atoms with Crippen molar-refractivity contribution in [3.05, 3.63) is 41.4 Å². The van der Waals surface area contributed by atoms with Gasteiger partial charge in [0.05, 0.1) is 12.2 Å². The van der Waals surface area contributed by atoms with Crippen LogP contribution in [0.4, 0.5) is 23.4 Å². The van der Waals surface area contributed by atoms with Crippen LogP contribution in [0.2, 0.25) is 5.28 Å². The molecule has 0 radical (unpaired) electrons. The summed E-state index contributed by atoms with van der Waals surface area (Å²) in [6.45, 7) is -0.649. The summed E-state index contributed by atoms with van der Waals surface area (Å²) in [6, 6.07) is 2.87. The molecule has 120 valence electrons. The summed E-state index contributed by atoms with van der Waals surface area (Å²) < 4.78 is 52.7. The van der Waals surface area contributed by atoms with Crippen molar-refractivity contribution in [3.63, 3.8) is 0 Å². The zero-order valence-electron chi connectivity index (χ0n) is 11.3. The van der Waals surface area contributed by atoms with Crippen LogP contribution >= 0.6 is 11.6 Å². The van der Waals surface area contributed by atoms with Gasteiger partial charge < -0.3 is 5.32 Å². The number of hydrogen-bond acceptors (Lipinski definition) is 4. The zero-order valence-corrected chi connectivity index (χ0v) is 12.0. The smallest absolute Gasteiger partial charge is 0.255 e. The summed E-state index contributed by atoms with van der Waals surface area (Å²) in [5.41, 5.74) is 0.408. The molecule has 3 rings (SSSR count). The van der Waals surface area contributed by atoms with Crippen LogP contribution in [0, 0.1) is 11.6 Å². The number of alkyl halides is 2. The van der Waals surface area contributed by atoms with Gasteiger partial charge in [-0.2, -0.15) is 9.97 Å². The minimum atomic E-state index is -2.60. The first-order valence-corrected chi connectivity index (χ1v) is 6.71. The Hall–Kier alpha value is -2.42. The van der Waals surface area contributed by atoms with Crippen molar-refractivity contribution in [1.82, 2.24) is 19.5 Å². The van der Waals surface area contributed by atoms with Crippen LogP contribution in [-0.4, -0.2) is 32.5 Å². The van der Waals surface area contributed by atoms with Crippen molar-refractivity contribution < 1.29 is 17.6 Å². The highest BCUT2D eigenvalue weighted by atomic mass is 35.5. The number of nitrogens with zero attached hydrogens (tertiary/aromatic N) is 4. The lowest BCUT2D eigenvalue weighted by molar-refractivity contribution is 0.163. The Bertz CT molecular complexity index is 847. The van der Waals surface area contributed by atoms with Gasteiger partial charge in [-0.15, -0.1) is 0 Å². The van der Waals surface area contributed by atoms with Gasteiger partial charge in [0.1, 0.15) is 18.0 Å². The predicted octanol–water partition coefficient (Wildman–Crippen LogP) is 3.42. The van der Waals surface area contributed by atoms with E-state index in [2.05, 4.69) is 20.3 Å². The molecule has 0 unspecified atom stereocenters. The number of aromatic nitrogens is 4. The fourth-order valence-electron chi connectivity index (χ4n) is 2.04. The molecule has 0 spiro atoms. The van der Waals surface area contributed by atoms with E-state index >= 15 is 0 Å². The lowest BCUT2D eigenvalue weighted by Gasteiger charge is -2.07. The molecule has 0 fully saturated rings. The predicted molar refractivity (Wildman–Crippen MR) is 76.1 cm³/mol. The van der Waals surface area contributed by atoms with Crippen LogP contribution < -0.4 is 5.32 Å². The highest BCUT2D eigenvalue weighted by Gasteiger charge is 2.15. The summed E-state index contributed by atoms with van der Waals surface area (Å²) in [6.07, 6.45) is -1.35. The molecule has 1 aromatic carbocycles. The third-order valence-corrected chi connectivity index (χ3v) is 3.09. The average molecular weight is 346 g/mol. The van der Waals surface area contributed by atoms with Crippen LogP contribution in [0.1, 0.15) is 0 Å². The molecule has 0 atom stereocenters. The fraction of sp³-hybridized carbons (Fsp3) is 0.154. The third kappa shape index (κ3) is 3.19. The minimum absolute atomic E-state index is 0.0101. The van der Waals surface area contributed by atoms with Gasteiger partial charge >= 0.3 is 0 Å². The highest BCUT2D eigenvalue weighted by molar-refractivity contribution is 6.28. The number of halogens is 5. The van der Waals surface area contributed by atoms with Crippen LogP contribution in [0.3, 0.4) is 0 Å². The number of anilines is 1. The van der Waals surface area contributed by atoms with Gasteiger partial charge in [0.2, 0.25) is 5.28 Å². The van der Waals surface area contributed by atoms with Crippen LogP contribution in [0.15, 0.2) is 24.5 Å². The molecular weight excluding hydrogens is 338 g/mol. The maximum Gasteiger partial charge on any atom is 0.255 e. The van der Waals surface area contributed by atoms with E-state index in [-0.39, 0.29) is 28.0 Å². The Morgan fingerprint density at radius 1 is 1.13 bits per heavy atom. The standard InChI is InChI=1S/C13H8ClF4N5/c14-13-21-11(19-4-9(17)18)10-12(22-13)23(5-20-10)8-2-6(15)1-7(16)3-8/h1-3,5,9H,4H2,(H,19,21,22). The molecule has 0 amide bonds. The first kappa shape index (κ1) is 15.5. The van der Waals surface area contributed by atoms with Crippen molar-refractivity contribution in [2.75, 3.05) is 11.9 Å². The molecule has 5 nitrogen and oxygen atoms in total. The van der Waals surface area contributed by atoms with Gasteiger partial charge in [0.15, 0.2) is 17.0 Å². The monoisotopic (exact) mass is 345 g/mol. The summed E-state index contributed by atoms with van der Waals surface area (Å²) in [5, 5.41) is 2.19. The molecule has 23 heavy (non-hydrogen) atoms. The molecule has 0 aliphatic heterocycles. The van der Waals surface area contributed by atoms with E-state index in [0.29, 0.717) is 0 Å². The molecule has 0 bridgehead atoms. The summed E-state index contributed by atoms with van der Waals surface area (Å²) in [4.78, 5) is 11.7. The second-order valence-corrected chi connectivity index (χ2v) is 4.87. The Kier molecular flexibility index (Phi) is 4.03. The molecule has 2 aromatic heterocycles. The van der Waals surface area contributed by atoms with Crippen LogP contribution in [-0.2, 0) is 0 Å². The van der Waals surface area contributed by atoms with E-state index in [9.17, 15) is 17.6 Å². The zero-order chi connectivity index (χ0) is 16.6. The first-order valence-electron chi connectivity index (χ1n) is 6.33. The topological polar surface area (TPSA) is 55.6 Å². The number of imidazole rings is 1. The number of rotatable bonds is 4. The minimum Gasteiger partial charge on any atom is -0.362 e. The molecule has 0 aliphatic rings. The number of nitrogens with one attached hydrogen (secondary N) is 1. The first-order chi connectivity index (χ1) is 10.9. The van der Waals surface area contributed by atoms with E-state index in [1.807, 2.05) is 0 Å². The largest absolute Gasteiger partial charge is 0.362 e. The number of benzene rings is 1. The lowest BCUT2D eigenvalue weighted by atomic mass is 10.3. The Balaban J connectivity index is 2.13.